The zero-order valence-electron chi connectivity index (χ0n) is 18.8. The molecule has 0 spiro atoms. The Hall–Kier alpha value is -2.81. The van der Waals surface area contributed by atoms with E-state index >= 15 is 0 Å². The van der Waals surface area contributed by atoms with Crippen molar-refractivity contribution in [1.82, 2.24) is 0 Å². The molecule has 0 N–H and O–H groups in total. The molecule has 3 heteroatoms. The number of fused-ring (bicyclic) bond motifs is 3. The zero-order chi connectivity index (χ0) is 21.8. The van der Waals surface area contributed by atoms with Crippen molar-refractivity contribution in [2.75, 3.05) is 11.9 Å². The molecule has 3 aromatic carbocycles. The highest BCUT2D eigenvalue weighted by Gasteiger charge is 2.29. The summed E-state index contributed by atoms with van der Waals surface area (Å²) in [7, 11) is 1.96. The highest BCUT2D eigenvalue weighted by atomic mass is 19.1. The molecular formula is C27H28FNO. The number of rotatable bonds is 3. The van der Waals surface area contributed by atoms with Crippen molar-refractivity contribution in [1.29, 1.82) is 0 Å². The van der Waals surface area contributed by atoms with E-state index in [2.05, 4.69) is 38.1 Å². The third-order valence-corrected chi connectivity index (χ3v) is 6.67. The monoisotopic (exact) mass is 402 g/mol. The second kappa shape index (κ2) is 7.16. The Morgan fingerprint density at radius 3 is 2.27 bits per heavy atom. The normalized spacial score (nSPS) is 18.5. The number of para-hydroxylation sites is 2. The summed E-state index contributed by atoms with van der Waals surface area (Å²) in [5.41, 5.74) is 4.74. The smallest absolute Gasteiger partial charge is 0.159 e. The SMILES string of the molecule is [2H]C1(c2cccc3c2oc2c(N(C)c4ccc(F)cc4)cccc23)CCC(C)(C)CC1. The number of furan rings is 1. The maximum Gasteiger partial charge on any atom is 0.159 e. The van der Waals surface area contributed by atoms with Crippen molar-refractivity contribution >= 4 is 33.3 Å². The summed E-state index contributed by atoms with van der Waals surface area (Å²) in [6.45, 7) is 4.60. The summed E-state index contributed by atoms with van der Waals surface area (Å²) in [6, 6.07) is 18.8. The van der Waals surface area contributed by atoms with Gasteiger partial charge in [0.25, 0.3) is 0 Å². The second-order valence-electron chi connectivity index (χ2n) is 9.24. The van der Waals surface area contributed by atoms with Crippen LogP contribution in [0.25, 0.3) is 21.9 Å². The molecule has 0 atom stereocenters. The van der Waals surface area contributed by atoms with Gasteiger partial charge in [0, 0.05) is 24.9 Å². The fraction of sp³-hybridized carbons (Fsp3) is 0.333. The van der Waals surface area contributed by atoms with Crippen LogP contribution >= 0.6 is 0 Å². The minimum absolute atomic E-state index is 0.250. The van der Waals surface area contributed by atoms with Gasteiger partial charge in [0.2, 0.25) is 0 Å². The van der Waals surface area contributed by atoms with Crippen LogP contribution in [0.3, 0.4) is 0 Å². The van der Waals surface area contributed by atoms with Gasteiger partial charge in [0.15, 0.2) is 5.58 Å². The van der Waals surface area contributed by atoms with E-state index in [1.165, 1.54) is 12.1 Å². The molecule has 0 bridgehead atoms. The third-order valence-electron chi connectivity index (χ3n) is 6.67. The van der Waals surface area contributed by atoms with Crippen LogP contribution in [0, 0.1) is 11.2 Å². The van der Waals surface area contributed by atoms with Crippen LogP contribution < -0.4 is 4.90 Å². The van der Waals surface area contributed by atoms with E-state index in [4.69, 9.17) is 4.42 Å². The van der Waals surface area contributed by atoms with E-state index in [1.54, 1.807) is 12.1 Å². The molecule has 1 aromatic heterocycles. The molecular weight excluding hydrogens is 373 g/mol. The van der Waals surface area contributed by atoms with E-state index < -0.39 is 5.89 Å². The minimum atomic E-state index is -0.619. The summed E-state index contributed by atoms with van der Waals surface area (Å²) in [5, 5.41) is 2.10. The number of anilines is 2. The van der Waals surface area contributed by atoms with Crippen molar-refractivity contribution in [3.05, 3.63) is 72.0 Å². The van der Waals surface area contributed by atoms with Crippen molar-refractivity contribution in [3.8, 4) is 0 Å². The number of benzene rings is 3. The molecule has 0 unspecified atom stereocenters. The fourth-order valence-corrected chi connectivity index (χ4v) is 4.65. The molecule has 0 saturated heterocycles. The maximum atomic E-state index is 13.4. The molecule has 5 rings (SSSR count). The Labute approximate surface area is 178 Å². The Balaban J connectivity index is 1.65. The standard InChI is InChI=1S/C27H28FNO/c1-27(2)16-14-18(15-17-27)21-6-4-7-22-23-8-5-9-24(26(23)30-25(21)22)29(3)20-12-10-19(28)11-13-20/h4-13,18H,14-17H2,1-3H3/i18D. The van der Waals surface area contributed by atoms with Crippen LogP contribution in [0.1, 0.15) is 52.4 Å². The van der Waals surface area contributed by atoms with Crippen LogP contribution in [0.15, 0.2) is 65.1 Å². The van der Waals surface area contributed by atoms with Gasteiger partial charge in [-0.3, -0.25) is 0 Å². The first-order chi connectivity index (χ1) is 14.8. The molecule has 0 amide bonds. The number of hydrogen-bond donors (Lipinski definition) is 0. The van der Waals surface area contributed by atoms with Gasteiger partial charge in [0.1, 0.15) is 11.4 Å². The van der Waals surface area contributed by atoms with Crippen LogP contribution in [-0.2, 0) is 0 Å². The summed E-state index contributed by atoms with van der Waals surface area (Å²) in [4.78, 5) is 2.02. The highest BCUT2D eigenvalue weighted by Crippen LogP contribution is 2.46. The first kappa shape index (κ1) is 18.0. The summed E-state index contributed by atoms with van der Waals surface area (Å²) in [5.74, 6) is -0.869. The molecule has 2 nitrogen and oxygen atoms in total. The Morgan fingerprint density at radius 2 is 1.57 bits per heavy atom. The number of nitrogens with zero attached hydrogens (tertiary/aromatic N) is 1. The molecule has 4 aromatic rings. The zero-order valence-corrected chi connectivity index (χ0v) is 17.8. The molecule has 1 saturated carbocycles. The molecule has 1 aliphatic carbocycles. The summed E-state index contributed by atoms with van der Waals surface area (Å²) in [6.07, 6.45) is 3.79. The van der Waals surface area contributed by atoms with Crippen LogP contribution in [-0.4, -0.2) is 7.05 Å². The highest BCUT2D eigenvalue weighted by molar-refractivity contribution is 6.10. The van der Waals surface area contributed by atoms with Crippen molar-refractivity contribution in [2.45, 2.75) is 45.4 Å². The van der Waals surface area contributed by atoms with Crippen LogP contribution in [0.2, 0.25) is 0 Å². The van der Waals surface area contributed by atoms with Gasteiger partial charge < -0.3 is 9.32 Å². The Kier molecular flexibility index (Phi) is 4.29. The molecule has 154 valence electrons. The van der Waals surface area contributed by atoms with Crippen molar-refractivity contribution in [3.63, 3.8) is 0 Å². The molecule has 30 heavy (non-hydrogen) atoms. The summed E-state index contributed by atoms with van der Waals surface area (Å²) < 4.78 is 29.2. The van der Waals surface area contributed by atoms with Crippen molar-refractivity contribution < 1.29 is 10.2 Å². The van der Waals surface area contributed by atoms with Gasteiger partial charge in [-0.2, -0.15) is 0 Å². The van der Waals surface area contributed by atoms with Gasteiger partial charge in [-0.25, -0.2) is 4.39 Å². The first-order valence-electron chi connectivity index (χ1n) is 11.2. The molecule has 0 aliphatic heterocycles. The predicted octanol–water partition coefficient (Wildman–Crippen LogP) is 8.18. The minimum Gasteiger partial charge on any atom is -0.454 e. The number of halogens is 1. The predicted molar refractivity (Wildman–Crippen MR) is 123 cm³/mol. The lowest BCUT2D eigenvalue weighted by molar-refractivity contribution is 0.224. The van der Waals surface area contributed by atoms with E-state index in [-0.39, 0.29) is 5.82 Å². The second-order valence-corrected chi connectivity index (χ2v) is 9.24. The van der Waals surface area contributed by atoms with E-state index in [9.17, 15) is 5.76 Å². The quantitative estimate of drug-likeness (QED) is 0.343. The lowest BCUT2D eigenvalue weighted by Crippen LogP contribution is -2.20. The topological polar surface area (TPSA) is 16.4 Å². The van der Waals surface area contributed by atoms with Gasteiger partial charge >= 0.3 is 0 Å². The molecule has 1 fully saturated rings. The van der Waals surface area contributed by atoms with E-state index in [0.717, 1.165) is 64.6 Å². The van der Waals surface area contributed by atoms with Crippen LogP contribution in [0.4, 0.5) is 15.8 Å². The van der Waals surface area contributed by atoms with Crippen molar-refractivity contribution in [2.24, 2.45) is 5.41 Å². The van der Waals surface area contributed by atoms with Gasteiger partial charge in [-0.15, -0.1) is 0 Å². The largest absolute Gasteiger partial charge is 0.454 e. The maximum absolute atomic E-state index is 13.4. The van der Waals surface area contributed by atoms with Gasteiger partial charge in [-0.05, 0) is 72.9 Å². The fourth-order valence-electron chi connectivity index (χ4n) is 4.65. The summed E-state index contributed by atoms with van der Waals surface area (Å²) >= 11 is 0. The average Bonchev–Trinajstić information content (AvgIpc) is 3.15. The lowest BCUT2D eigenvalue weighted by atomic mass is 9.71. The Morgan fingerprint density at radius 1 is 0.933 bits per heavy atom. The molecule has 0 radical (unpaired) electrons. The average molecular weight is 403 g/mol. The Bertz CT molecular complexity index is 1250. The van der Waals surface area contributed by atoms with E-state index in [0.29, 0.717) is 5.41 Å². The first-order valence-corrected chi connectivity index (χ1v) is 10.7. The third kappa shape index (κ3) is 3.27. The molecule has 1 heterocycles. The number of hydrogen-bond acceptors (Lipinski definition) is 2. The molecule has 1 aliphatic rings. The van der Waals surface area contributed by atoms with Crippen LogP contribution in [0.5, 0.6) is 0 Å². The van der Waals surface area contributed by atoms with E-state index in [1.807, 2.05) is 24.1 Å². The van der Waals surface area contributed by atoms with Gasteiger partial charge in [0.05, 0.1) is 5.69 Å². The van der Waals surface area contributed by atoms with Gasteiger partial charge in [-0.1, -0.05) is 44.2 Å². The lowest BCUT2D eigenvalue weighted by Gasteiger charge is -2.34.